The van der Waals surface area contributed by atoms with Gasteiger partial charge in [-0.3, -0.25) is 0 Å². The molecule has 6 nitrogen and oxygen atoms in total. The van der Waals surface area contributed by atoms with E-state index in [1.165, 1.54) is 7.11 Å². The zero-order valence-electron chi connectivity index (χ0n) is 10.8. The average Bonchev–Trinajstić information content (AvgIpc) is 2.72. The summed E-state index contributed by atoms with van der Waals surface area (Å²) in [4.78, 5) is 28.3. The molecule has 19 heavy (non-hydrogen) atoms. The van der Waals surface area contributed by atoms with Gasteiger partial charge in [-0.05, 0) is 24.6 Å². The topological polar surface area (TPSA) is 85.0 Å². The number of aliphatic imine (C=N–C) groups is 1. The number of nitrogens with zero attached hydrogens (tertiary/aromatic N) is 2. The normalized spacial score (nSPS) is 18.4. The van der Waals surface area contributed by atoms with Crippen LogP contribution in [0, 0.1) is 0 Å². The Hall–Kier alpha value is -2.37. The predicted molar refractivity (Wildman–Crippen MR) is 69.9 cm³/mol. The molecule has 1 unspecified atom stereocenters. The van der Waals surface area contributed by atoms with E-state index in [4.69, 9.17) is 5.73 Å². The van der Waals surface area contributed by atoms with Crippen LogP contribution in [0.2, 0.25) is 0 Å². The number of nitrogens with two attached hydrogens (primary N) is 1. The first kappa shape index (κ1) is 13.1. The SMILES string of the molecule is CCN1C(=O)N=C(N)C1c1ccc(C(=O)OC)cc1. The van der Waals surface area contributed by atoms with Gasteiger partial charge in [0.05, 0.1) is 12.7 Å². The van der Waals surface area contributed by atoms with Gasteiger partial charge in [0.2, 0.25) is 0 Å². The third kappa shape index (κ3) is 2.29. The molecule has 1 atom stereocenters. The molecule has 0 spiro atoms. The van der Waals surface area contributed by atoms with Gasteiger partial charge >= 0.3 is 12.0 Å². The van der Waals surface area contributed by atoms with Crippen LogP contribution in [-0.4, -0.2) is 36.4 Å². The molecule has 0 aromatic heterocycles. The minimum Gasteiger partial charge on any atom is -0.465 e. The molecule has 0 bridgehead atoms. The molecule has 0 radical (unpaired) electrons. The summed E-state index contributed by atoms with van der Waals surface area (Å²) in [6.07, 6.45) is 0. The lowest BCUT2D eigenvalue weighted by Gasteiger charge is -2.22. The molecule has 1 aliphatic heterocycles. The van der Waals surface area contributed by atoms with Gasteiger partial charge in [-0.2, -0.15) is 4.99 Å². The quantitative estimate of drug-likeness (QED) is 0.832. The first-order valence-electron chi connectivity index (χ1n) is 5.91. The second-order valence-corrected chi connectivity index (χ2v) is 4.12. The highest BCUT2D eigenvalue weighted by atomic mass is 16.5. The first-order chi connectivity index (χ1) is 9.08. The van der Waals surface area contributed by atoms with Crippen molar-refractivity contribution in [2.45, 2.75) is 13.0 Å². The minimum atomic E-state index is -0.400. The summed E-state index contributed by atoms with van der Waals surface area (Å²) in [6.45, 7) is 2.38. The number of urea groups is 1. The van der Waals surface area contributed by atoms with E-state index in [1.54, 1.807) is 29.2 Å². The molecule has 100 valence electrons. The van der Waals surface area contributed by atoms with E-state index >= 15 is 0 Å². The van der Waals surface area contributed by atoms with Crippen molar-refractivity contribution in [2.24, 2.45) is 10.7 Å². The van der Waals surface area contributed by atoms with Crippen LogP contribution in [0.25, 0.3) is 0 Å². The van der Waals surface area contributed by atoms with Crippen molar-refractivity contribution in [3.63, 3.8) is 0 Å². The van der Waals surface area contributed by atoms with Crippen LogP contribution < -0.4 is 5.73 Å². The van der Waals surface area contributed by atoms with Gasteiger partial charge in [-0.15, -0.1) is 0 Å². The van der Waals surface area contributed by atoms with E-state index in [2.05, 4.69) is 9.73 Å². The minimum absolute atomic E-state index is 0.276. The maximum absolute atomic E-state index is 11.6. The van der Waals surface area contributed by atoms with Gasteiger partial charge in [-0.25, -0.2) is 9.59 Å². The van der Waals surface area contributed by atoms with E-state index in [-0.39, 0.29) is 17.9 Å². The summed E-state index contributed by atoms with van der Waals surface area (Å²) in [5, 5.41) is 0. The predicted octanol–water partition coefficient (Wildman–Crippen LogP) is 1.33. The summed E-state index contributed by atoms with van der Waals surface area (Å²) in [5.74, 6) is -0.124. The first-order valence-corrected chi connectivity index (χ1v) is 5.91. The van der Waals surface area contributed by atoms with Gasteiger partial charge in [0, 0.05) is 6.54 Å². The molecule has 2 amide bonds. The lowest BCUT2D eigenvalue weighted by Crippen LogP contribution is -2.33. The summed E-state index contributed by atoms with van der Waals surface area (Å²) in [7, 11) is 1.33. The monoisotopic (exact) mass is 261 g/mol. The number of carbonyl (C=O) groups excluding carboxylic acids is 2. The third-order valence-corrected chi connectivity index (χ3v) is 3.05. The molecule has 6 heteroatoms. The molecule has 0 fully saturated rings. The van der Waals surface area contributed by atoms with Crippen molar-refractivity contribution in [1.29, 1.82) is 0 Å². The summed E-state index contributed by atoms with van der Waals surface area (Å²) < 4.78 is 4.63. The highest BCUT2D eigenvalue weighted by Crippen LogP contribution is 2.26. The maximum Gasteiger partial charge on any atom is 0.346 e. The Bertz CT molecular complexity index is 537. The Kier molecular flexibility index (Phi) is 3.50. The zero-order valence-corrected chi connectivity index (χ0v) is 10.8. The molecule has 2 N–H and O–H groups in total. The molecule has 0 aliphatic carbocycles. The average molecular weight is 261 g/mol. The van der Waals surface area contributed by atoms with Crippen LogP contribution in [0.3, 0.4) is 0 Å². The molecule has 2 rings (SSSR count). The third-order valence-electron chi connectivity index (χ3n) is 3.05. The van der Waals surface area contributed by atoms with Crippen molar-refractivity contribution in [3.8, 4) is 0 Å². The van der Waals surface area contributed by atoms with Crippen LogP contribution in [-0.2, 0) is 4.74 Å². The van der Waals surface area contributed by atoms with Crippen LogP contribution in [0.5, 0.6) is 0 Å². The van der Waals surface area contributed by atoms with Gasteiger partial charge in [-0.1, -0.05) is 12.1 Å². The Balaban J connectivity index is 2.29. The number of benzene rings is 1. The molecule has 1 aliphatic rings. The Morgan fingerprint density at radius 2 is 2.05 bits per heavy atom. The zero-order chi connectivity index (χ0) is 14.0. The lowest BCUT2D eigenvalue weighted by molar-refractivity contribution is 0.0600. The molecule has 1 aromatic carbocycles. The molecule has 0 saturated carbocycles. The van der Waals surface area contributed by atoms with Crippen LogP contribution in [0.4, 0.5) is 4.79 Å². The number of ether oxygens (including phenoxy) is 1. The molecular formula is C13H15N3O3. The Morgan fingerprint density at radius 3 is 2.58 bits per heavy atom. The van der Waals surface area contributed by atoms with E-state index in [9.17, 15) is 9.59 Å². The van der Waals surface area contributed by atoms with E-state index in [1.807, 2.05) is 6.92 Å². The fourth-order valence-electron chi connectivity index (χ4n) is 2.09. The summed E-state index contributed by atoms with van der Waals surface area (Å²) in [5.41, 5.74) is 7.06. The van der Waals surface area contributed by atoms with Gasteiger partial charge in [0.15, 0.2) is 0 Å². The number of esters is 1. The van der Waals surface area contributed by atoms with E-state index in [0.29, 0.717) is 12.1 Å². The van der Waals surface area contributed by atoms with E-state index in [0.717, 1.165) is 5.56 Å². The van der Waals surface area contributed by atoms with Crippen LogP contribution >= 0.6 is 0 Å². The van der Waals surface area contributed by atoms with Crippen LogP contribution in [0.1, 0.15) is 28.9 Å². The lowest BCUT2D eigenvalue weighted by atomic mass is 10.0. The maximum atomic E-state index is 11.6. The number of rotatable bonds is 3. The molecular weight excluding hydrogens is 246 g/mol. The number of amides is 2. The highest BCUT2D eigenvalue weighted by molar-refractivity contribution is 6.03. The smallest absolute Gasteiger partial charge is 0.346 e. The van der Waals surface area contributed by atoms with Crippen molar-refractivity contribution in [3.05, 3.63) is 35.4 Å². The summed E-state index contributed by atoms with van der Waals surface area (Å²) in [6, 6.07) is 6.10. The number of methoxy groups -OCH3 is 1. The van der Waals surface area contributed by atoms with Gasteiger partial charge < -0.3 is 15.4 Å². The summed E-state index contributed by atoms with van der Waals surface area (Å²) >= 11 is 0. The van der Waals surface area contributed by atoms with Gasteiger partial charge in [0.25, 0.3) is 0 Å². The fourth-order valence-corrected chi connectivity index (χ4v) is 2.09. The second kappa shape index (κ2) is 5.09. The standard InChI is InChI=1S/C13H15N3O3/c1-3-16-10(11(14)15-13(16)18)8-4-6-9(7-5-8)12(17)19-2/h4-7,10H,3H2,1-2H3,(H2,14,15,18). The Morgan fingerprint density at radius 1 is 1.42 bits per heavy atom. The van der Waals surface area contributed by atoms with Crippen molar-refractivity contribution in [1.82, 2.24) is 4.90 Å². The highest BCUT2D eigenvalue weighted by Gasteiger charge is 2.33. The fraction of sp³-hybridized carbons (Fsp3) is 0.308. The number of hydrogen-bond acceptors (Lipinski definition) is 4. The Labute approximate surface area is 110 Å². The second-order valence-electron chi connectivity index (χ2n) is 4.12. The number of hydrogen-bond donors (Lipinski definition) is 1. The van der Waals surface area contributed by atoms with Gasteiger partial charge in [0.1, 0.15) is 11.9 Å². The van der Waals surface area contributed by atoms with Crippen molar-refractivity contribution in [2.75, 3.05) is 13.7 Å². The molecule has 1 aromatic rings. The number of amidine groups is 1. The molecule has 0 saturated heterocycles. The van der Waals surface area contributed by atoms with Crippen molar-refractivity contribution >= 4 is 17.8 Å². The molecule has 1 heterocycles. The van der Waals surface area contributed by atoms with Crippen molar-refractivity contribution < 1.29 is 14.3 Å². The number of carbonyl (C=O) groups is 2. The van der Waals surface area contributed by atoms with Crippen LogP contribution in [0.15, 0.2) is 29.3 Å². The van der Waals surface area contributed by atoms with E-state index < -0.39 is 5.97 Å². The largest absolute Gasteiger partial charge is 0.465 e. The number of likely N-dealkylation sites (N-methyl/N-ethyl adjacent to an activating group) is 1.